The summed E-state index contributed by atoms with van der Waals surface area (Å²) in [5.74, 6) is 1.06. The Morgan fingerprint density at radius 2 is 1.95 bits per heavy atom. The fraction of sp³-hybridized carbons (Fsp3) is 0.294. The van der Waals surface area contributed by atoms with Gasteiger partial charge in [-0.15, -0.1) is 0 Å². The van der Waals surface area contributed by atoms with Crippen LogP contribution in [-0.2, 0) is 6.42 Å². The van der Waals surface area contributed by atoms with Crippen molar-refractivity contribution in [3.63, 3.8) is 0 Å². The second kappa shape index (κ2) is 5.98. The first kappa shape index (κ1) is 13.7. The number of rotatable bonds is 4. The fourth-order valence-electron chi connectivity index (χ4n) is 2.77. The molecule has 20 heavy (non-hydrogen) atoms. The predicted molar refractivity (Wildman–Crippen MR) is 85.3 cm³/mol. The number of halogens is 1. The lowest BCUT2D eigenvalue weighted by Crippen LogP contribution is -2.22. The molecule has 1 aliphatic rings. The summed E-state index contributed by atoms with van der Waals surface area (Å²) in [6.07, 6.45) is 1.01. The molecule has 1 N–H and O–H groups in total. The molecule has 2 aromatic carbocycles. The summed E-state index contributed by atoms with van der Waals surface area (Å²) < 4.78 is 6.99. The molecule has 0 aromatic heterocycles. The van der Waals surface area contributed by atoms with Crippen molar-refractivity contribution in [1.82, 2.24) is 5.32 Å². The van der Waals surface area contributed by atoms with Crippen molar-refractivity contribution in [2.45, 2.75) is 19.4 Å². The molecule has 1 unspecified atom stereocenters. The molecule has 0 bridgehead atoms. The fourth-order valence-corrected chi connectivity index (χ4v) is 3.28. The van der Waals surface area contributed by atoms with Crippen molar-refractivity contribution in [1.29, 1.82) is 0 Å². The number of benzene rings is 2. The summed E-state index contributed by atoms with van der Waals surface area (Å²) in [6, 6.07) is 15.0. The van der Waals surface area contributed by atoms with E-state index in [2.05, 4.69) is 64.6 Å². The molecule has 104 valence electrons. The zero-order valence-electron chi connectivity index (χ0n) is 11.5. The highest BCUT2D eigenvalue weighted by Gasteiger charge is 2.23. The van der Waals surface area contributed by atoms with Crippen LogP contribution in [0.25, 0.3) is 0 Å². The van der Waals surface area contributed by atoms with Crippen molar-refractivity contribution in [3.8, 4) is 5.75 Å². The van der Waals surface area contributed by atoms with Crippen LogP contribution in [0.1, 0.15) is 29.7 Å². The van der Waals surface area contributed by atoms with Gasteiger partial charge in [-0.3, -0.25) is 0 Å². The molecule has 2 aromatic rings. The number of nitrogens with one attached hydrogen (secondary N) is 1. The third kappa shape index (κ3) is 2.48. The number of para-hydroxylation sites is 1. The molecule has 3 heteroatoms. The second-order valence-corrected chi connectivity index (χ2v) is 5.80. The van der Waals surface area contributed by atoms with Gasteiger partial charge >= 0.3 is 0 Å². The molecule has 0 fully saturated rings. The summed E-state index contributed by atoms with van der Waals surface area (Å²) in [6.45, 7) is 3.84. The van der Waals surface area contributed by atoms with Crippen LogP contribution in [0.4, 0.5) is 0 Å². The van der Waals surface area contributed by atoms with E-state index in [0.29, 0.717) is 0 Å². The van der Waals surface area contributed by atoms with Crippen molar-refractivity contribution < 1.29 is 4.74 Å². The van der Waals surface area contributed by atoms with Gasteiger partial charge in [0.2, 0.25) is 0 Å². The van der Waals surface area contributed by atoms with Crippen molar-refractivity contribution in [2.75, 3.05) is 13.2 Å². The van der Waals surface area contributed by atoms with Crippen LogP contribution in [0.3, 0.4) is 0 Å². The minimum Gasteiger partial charge on any atom is -0.493 e. The normalized spacial score (nSPS) is 14.7. The molecule has 0 aliphatic carbocycles. The topological polar surface area (TPSA) is 21.3 Å². The number of ether oxygens (including phenoxy) is 1. The summed E-state index contributed by atoms with van der Waals surface area (Å²) >= 11 is 3.66. The van der Waals surface area contributed by atoms with Gasteiger partial charge < -0.3 is 10.1 Å². The Morgan fingerprint density at radius 1 is 1.15 bits per heavy atom. The Kier molecular flexibility index (Phi) is 4.08. The summed E-state index contributed by atoms with van der Waals surface area (Å²) in [4.78, 5) is 0. The number of hydrogen-bond acceptors (Lipinski definition) is 2. The molecule has 0 radical (unpaired) electrons. The third-order valence-electron chi connectivity index (χ3n) is 3.68. The van der Waals surface area contributed by atoms with E-state index in [1.807, 2.05) is 6.07 Å². The van der Waals surface area contributed by atoms with Crippen LogP contribution in [0, 0.1) is 0 Å². The molecule has 0 spiro atoms. The van der Waals surface area contributed by atoms with E-state index in [-0.39, 0.29) is 6.04 Å². The van der Waals surface area contributed by atoms with E-state index in [1.54, 1.807) is 0 Å². The molecule has 0 saturated heterocycles. The van der Waals surface area contributed by atoms with E-state index in [4.69, 9.17) is 4.74 Å². The molecular weight excluding hydrogens is 314 g/mol. The Labute approximate surface area is 128 Å². The maximum Gasteiger partial charge on any atom is 0.127 e. The van der Waals surface area contributed by atoms with Gasteiger partial charge in [-0.05, 0) is 23.7 Å². The SMILES string of the molecule is CCNC(c1ccccc1Br)c1cccc2c1OCC2. The minimum absolute atomic E-state index is 0.156. The lowest BCUT2D eigenvalue weighted by atomic mass is 9.96. The molecule has 0 amide bonds. The standard InChI is InChI=1S/C17H18BrNO/c1-2-19-16(13-7-3-4-9-15(13)18)14-8-5-6-12-10-11-20-17(12)14/h3-9,16,19H,2,10-11H2,1H3. The van der Waals surface area contributed by atoms with E-state index in [1.165, 1.54) is 16.7 Å². The first-order valence-corrected chi connectivity index (χ1v) is 7.83. The van der Waals surface area contributed by atoms with Crippen LogP contribution in [0.5, 0.6) is 5.75 Å². The van der Waals surface area contributed by atoms with Crippen molar-refractivity contribution >= 4 is 15.9 Å². The van der Waals surface area contributed by atoms with Gasteiger partial charge in [0.15, 0.2) is 0 Å². The molecule has 3 rings (SSSR count). The highest BCUT2D eigenvalue weighted by atomic mass is 79.9. The predicted octanol–water partition coefficient (Wildman–Crippen LogP) is 4.08. The van der Waals surface area contributed by atoms with Gasteiger partial charge in [-0.25, -0.2) is 0 Å². The Hall–Kier alpha value is -1.32. The average Bonchev–Trinajstić information content (AvgIpc) is 2.94. The van der Waals surface area contributed by atoms with Crippen molar-refractivity contribution in [3.05, 3.63) is 63.6 Å². The van der Waals surface area contributed by atoms with Crippen LogP contribution >= 0.6 is 15.9 Å². The lowest BCUT2D eigenvalue weighted by Gasteiger charge is -2.22. The highest BCUT2D eigenvalue weighted by molar-refractivity contribution is 9.10. The zero-order chi connectivity index (χ0) is 13.9. The summed E-state index contributed by atoms with van der Waals surface area (Å²) in [5, 5.41) is 3.58. The van der Waals surface area contributed by atoms with Crippen LogP contribution in [0.2, 0.25) is 0 Å². The third-order valence-corrected chi connectivity index (χ3v) is 4.40. The van der Waals surface area contributed by atoms with Crippen molar-refractivity contribution in [2.24, 2.45) is 0 Å². The van der Waals surface area contributed by atoms with Crippen LogP contribution in [-0.4, -0.2) is 13.2 Å². The Morgan fingerprint density at radius 3 is 2.75 bits per heavy atom. The molecule has 2 nitrogen and oxygen atoms in total. The molecule has 1 heterocycles. The molecule has 0 saturated carbocycles. The van der Waals surface area contributed by atoms with Gasteiger partial charge in [0.1, 0.15) is 5.75 Å². The van der Waals surface area contributed by atoms with Gasteiger partial charge in [-0.2, -0.15) is 0 Å². The van der Waals surface area contributed by atoms with E-state index in [0.717, 1.165) is 29.8 Å². The largest absolute Gasteiger partial charge is 0.493 e. The van der Waals surface area contributed by atoms with E-state index < -0.39 is 0 Å². The Bertz CT molecular complexity index is 612. The maximum atomic E-state index is 5.86. The molecule has 1 atom stereocenters. The maximum absolute atomic E-state index is 5.86. The van der Waals surface area contributed by atoms with Gasteiger partial charge in [0.05, 0.1) is 12.6 Å². The molecule has 1 aliphatic heterocycles. The first-order valence-electron chi connectivity index (χ1n) is 7.03. The summed E-state index contributed by atoms with van der Waals surface area (Å²) in [7, 11) is 0. The zero-order valence-corrected chi connectivity index (χ0v) is 13.1. The minimum atomic E-state index is 0.156. The summed E-state index contributed by atoms with van der Waals surface area (Å²) in [5.41, 5.74) is 3.80. The van der Waals surface area contributed by atoms with Gasteiger partial charge in [0.25, 0.3) is 0 Å². The highest BCUT2D eigenvalue weighted by Crippen LogP contribution is 2.38. The smallest absolute Gasteiger partial charge is 0.127 e. The lowest BCUT2D eigenvalue weighted by molar-refractivity contribution is 0.350. The van der Waals surface area contributed by atoms with Crippen LogP contribution in [0.15, 0.2) is 46.9 Å². The Balaban J connectivity index is 2.08. The monoisotopic (exact) mass is 331 g/mol. The van der Waals surface area contributed by atoms with E-state index in [9.17, 15) is 0 Å². The average molecular weight is 332 g/mol. The number of hydrogen-bond donors (Lipinski definition) is 1. The number of fused-ring (bicyclic) bond motifs is 1. The molecular formula is C17H18BrNO. The first-order chi connectivity index (χ1) is 9.81. The van der Waals surface area contributed by atoms with E-state index >= 15 is 0 Å². The second-order valence-electron chi connectivity index (χ2n) is 4.95. The van der Waals surface area contributed by atoms with Gasteiger partial charge in [0, 0.05) is 16.5 Å². The van der Waals surface area contributed by atoms with Gasteiger partial charge in [-0.1, -0.05) is 59.3 Å². The quantitative estimate of drug-likeness (QED) is 0.911. The van der Waals surface area contributed by atoms with Crippen LogP contribution < -0.4 is 10.1 Å².